The molecule has 0 radical (unpaired) electrons. The van der Waals surface area contributed by atoms with Crippen LogP contribution >= 0.6 is 0 Å². The van der Waals surface area contributed by atoms with Gasteiger partial charge in [0.2, 0.25) is 0 Å². The SMILES string of the molecule is CCOC(=O)CC1(N2CCCC2)CC(C(C)C)C1. The standard InChI is InChI=1S/C15H27NO2/c1-4-18-14(17)11-15(16-7-5-6-8-16)9-13(10-15)12(2)3/h12-13H,4-11H2,1-3H3. The van der Waals surface area contributed by atoms with Crippen molar-refractivity contribution >= 4 is 5.97 Å². The maximum absolute atomic E-state index is 11.8. The molecular formula is C15H27NO2. The van der Waals surface area contributed by atoms with Crippen LogP contribution in [0.4, 0.5) is 0 Å². The van der Waals surface area contributed by atoms with Crippen molar-refractivity contribution in [3.05, 3.63) is 0 Å². The number of hydrogen-bond acceptors (Lipinski definition) is 3. The van der Waals surface area contributed by atoms with Gasteiger partial charge in [0.1, 0.15) is 0 Å². The summed E-state index contributed by atoms with van der Waals surface area (Å²) in [4.78, 5) is 14.4. The Morgan fingerprint density at radius 3 is 2.44 bits per heavy atom. The first kappa shape index (κ1) is 13.9. The minimum absolute atomic E-state index is 0.00777. The lowest BCUT2D eigenvalue weighted by atomic mass is 9.62. The van der Waals surface area contributed by atoms with E-state index in [9.17, 15) is 4.79 Å². The molecule has 2 aliphatic rings. The van der Waals surface area contributed by atoms with Crippen molar-refractivity contribution in [3.8, 4) is 0 Å². The molecule has 0 aromatic heterocycles. The number of nitrogens with zero attached hydrogens (tertiary/aromatic N) is 1. The first-order valence-corrected chi connectivity index (χ1v) is 7.48. The maximum atomic E-state index is 11.8. The van der Waals surface area contributed by atoms with Crippen LogP contribution in [-0.2, 0) is 9.53 Å². The molecule has 1 aliphatic heterocycles. The van der Waals surface area contributed by atoms with Crippen molar-refractivity contribution in [1.82, 2.24) is 4.90 Å². The molecule has 0 spiro atoms. The van der Waals surface area contributed by atoms with Crippen LogP contribution in [0.25, 0.3) is 0 Å². The van der Waals surface area contributed by atoms with Gasteiger partial charge < -0.3 is 4.74 Å². The number of carbonyl (C=O) groups excluding carboxylic acids is 1. The molecule has 1 aliphatic carbocycles. The average Bonchev–Trinajstić information content (AvgIpc) is 2.76. The fourth-order valence-electron chi connectivity index (χ4n) is 3.57. The van der Waals surface area contributed by atoms with Crippen molar-refractivity contribution in [2.45, 2.75) is 58.4 Å². The predicted molar refractivity (Wildman–Crippen MR) is 72.4 cm³/mol. The zero-order chi connectivity index (χ0) is 13.2. The quantitative estimate of drug-likeness (QED) is 0.706. The lowest BCUT2D eigenvalue weighted by Gasteiger charge is -2.54. The second-order valence-corrected chi connectivity index (χ2v) is 6.31. The zero-order valence-corrected chi connectivity index (χ0v) is 12.1. The summed E-state index contributed by atoms with van der Waals surface area (Å²) in [7, 11) is 0. The third kappa shape index (κ3) is 2.71. The molecule has 0 bridgehead atoms. The van der Waals surface area contributed by atoms with Gasteiger partial charge in [0.15, 0.2) is 0 Å². The van der Waals surface area contributed by atoms with E-state index in [0.717, 1.165) is 11.8 Å². The molecule has 0 atom stereocenters. The molecule has 0 unspecified atom stereocenters. The van der Waals surface area contributed by atoms with Crippen molar-refractivity contribution in [2.24, 2.45) is 11.8 Å². The molecule has 2 fully saturated rings. The lowest BCUT2D eigenvalue weighted by Crippen LogP contribution is -2.58. The van der Waals surface area contributed by atoms with E-state index < -0.39 is 0 Å². The number of hydrogen-bond donors (Lipinski definition) is 0. The smallest absolute Gasteiger partial charge is 0.307 e. The Bertz CT molecular complexity index is 289. The molecule has 3 heteroatoms. The lowest BCUT2D eigenvalue weighted by molar-refractivity contribution is -0.150. The molecule has 0 aromatic rings. The highest BCUT2D eigenvalue weighted by Gasteiger charge is 2.50. The fourth-order valence-corrected chi connectivity index (χ4v) is 3.57. The van der Waals surface area contributed by atoms with E-state index in [-0.39, 0.29) is 11.5 Å². The van der Waals surface area contributed by atoms with Crippen LogP contribution in [0, 0.1) is 11.8 Å². The van der Waals surface area contributed by atoms with Crippen LogP contribution in [0.15, 0.2) is 0 Å². The molecule has 3 nitrogen and oxygen atoms in total. The van der Waals surface area contributed by atoms with E-state index in [4.69, 9.17) is 4.74 Å². The average molecular weight is 253 g/mol. The van der Waals surface area contributed by atoms with Gasteiger partial charge in [0, 0.05) is 5.54 Å². The van der Waals surface area contributed by atoms with E-state index in [2.05, 4.69) is 18.7 Å². The van der Waals surface area contributed by atoms with E-state index in [1.807, 2.05) is 6.92 Å². The molecule has 0 aromatic carbocycles. The maximum Gasteiger partial charge on any atom is 0.307 e. The highest BCUT2D eigenvalue weighted by atomic mass is 16.5. The number of rotatable bonds is 5. The number of ether oxygens (including phenoxy) is 1. The van der Waals surface area contributed by atoms with Gasteiger partial charge >= 0.3 is 5.97 Å². The number of esters is 1. The Hall–Kier alpha value is -0.570. The summed E-state index contributed by atoms with van der Waals surface area (Å²) in [5.74, 6) is 1.52. The normalized spacial score (nSPS) is 32.6. The van der Waals surface area contributed by atoms with E-state index in [0.29, 0.717) is 13.0 Å². The van der Waals surface area contributed by atoms with Crippen molar-refractivity contribution in [1.29, 1.82) is 0 Å². The summed E-state index contributed by atoms with van der Waals surface area (Å²) in [5.41, 5.74) is 0.137. The molecule has 1 saturated carbocycles. The summed E-state index contributed by atoms with van der Waals surface area (Å²) in [6.07, 6.45) is 5.55. The fraction of sp³-hybridized carbons (Fsp3) is 0.933. The summed E-state index contributed by atoms with van der Waals surface area (Å²) >= 11 is 0. The molecule has 18 heavy (non-hydrogen) atoms. The second kappa shape index (κ2) is 5.60. The van der Waals surface area contributed by atoms with E-state index >= 15 is 0 Å². The van der Waals surface area contributed by atoms with Gasteiger partial charge in [-0.15, -0.1) is 0 Å². The Morgan fingerprint density at radius 2 is 1.94 bits per heavy atom. The number of likely N-dealkylation sites (tertiary alicyclic amines) is 1. The third-order valence-electron chi connectivity index (χ3n) is 4.78. The van der Waals surface area contributed by atoms with Gasteiger partial charge in [-0.2, -0.15) is 0 Å². The van der Waals surface area contributed by atoms with E-state index in [1.165, 1.54) is 38.8 Å². The Labute approximate surface area is 111 Å². The first-order valence-electron chi connectivity index (χ1n) is 7.48. The van der Waals surface area contributed by atoms with Crippen LogP contribution in [-0.4, -0.2) is 36.1 Å². The second-order valence-electron chi connectivity index (χ2n) is 6.31. The first-order chi connectivity index (χ1) is 8.57. The van der Waals surface area contributed by atoms with Crippen molar-refractivity contribution in [2.75, 3.05) is 19.7 Å². The van der Waals surface area contributed by atoms with Crippen LogP contribution in [0.5, 0.6) is 0 Å². The summed E-state index contributed by atoms with van der Waals surface area (Å²) in [6.45, 7) is 9.32. The molecule has 0 amide bonds. The molecule has 0 N–H and O–H groups in total. The topological polar surface area (TPSA) is 29.5 Å². The molecule has 1 saturated heterocycles. The Morgan fingerprint density at radius 1 is 1.33 bits per heavy atom. The van der Waals surface area contributed by atoms with Gasteiger partial charge in [0.25, 0.3) is 0 Å². The monoisotopic (exact) mass is 253 g/mol. The zero-order valence-electron chi connectivity index (χ0n) is 12.1. The van der Waals surface area contributed by atoms with Gasteiger partial charge in [-0.05, 0) is 57.5 Å². The van der Waals surface area contributed by atoms with E-state index in [1.54, 1.807) is 0 Å². The minimum Gasteiger partial charge on any atom is -0.466 e. The highest BCUT2D eigenvalue weighted by molar-refractivity contribution is 5.71. The van der Waals surface area contributed by atoms with Gasteiger partial charge in [-0.3, -0.25) is 9.69 Å². The van der Waals surface area contributed by atoms with Gasteiger partial charge in [0.05, 0.1) is 13.0 Å². The largest absolute Gasteiger partial charge is 0.466 e. The Balaban J connectivity index is 1.98. The summed E-state index contributed by atoms with van der Waals surface area (Å²) in [6, 6.07) is 0. The van der Waals surface area contributed by atoms with Crippen LogP contribution in [0.2, 0.25) is 0 Å². The van der Waals surface area contributed by atoms with Crippen molar-refractivity contribution < 1.29 is 9.53 Å². The van der Waals surface area contributed by atoms with Gasteiger partial charge in [-0.1, -0.05) is 13.8 Å². The molecule has 1 heterocycles. The Kier molecular flexibility index (Phi) is 4.31. The summed E-state index contributed by atoms with van der Waals surface area (Å²) in [5, 5.41) is 0. The van der Waals surface area contributed by atoms with Crippen LogP contribution in [0.1, 0.15) is 52.9 Å². The highest BCUT2D eigenvalue weighted by Crippen LogP contribution is 2.49. The molecule has 104 valence electrons. The minimum atomic E-state index is -0.00777. The molecule has 2 rings (SSSR count). The van der Waals surface area contributed by atoms with Crippen LogP contribution in [0.3, 0.4) is 0 Å². The van der Waals surface area contributed by atoms with Crippen LogP contribution < -0.4 is 0 Å². The molecular weight excluding hydrogens is 226 g/mol. The summed E-state index contributed by atoms with van der Waals surface area (Å²) < 4.78 is 5.16. The van der Waals surface area contributed by atoms with Crippen molar-refractivity contribution in [3.63, 3.8) is 0 Å². The predicted octanol–water partition coefficient (Wildman–Crippen LogP) is 2.84. The number of carbonyl (C=O) groups is 1. The third-order valence-corrected chi connectivity index (χ3v) is 4.78. The van der Waals surface area contributed by atoms with Gasteiger partial charge in [-0.25, -0.2) is 0 Å².